The van der Waals surface area contributed by atoms with E-state index in [9.17, 15) is 23.6 Å². The molecule has 3 rings (SSSR count). The Bertz CT molecular complexity index is 1210. The number of carbonyl (C=O) groups is 4. The zero-order valence-electron chi connectivity index (χ0n) is 22.8. The van der Waals surface area contributed by atoms with Crippen molar-refractivity contribution in [1.29, 1.82) is 0 Å². The molecule has 2 aromatic rings. The van der Waals surface area contributed by atoms with E-state index in [4.69, 9.17) is 5.73 Å². The van der Waals surface area contributed by atoms with Crippen LogP contribution in [0, 0.1) is 17.8 Å². The molecule has 1 saturated heterocycles. The number of nitrogens with one attached hydrogen (secondary N) is 1. The van der Waals surface area contributed by atoms with Gasteiger partial charge in [-0.3, -0.25) is 24.2 Å². The predicted octanol–water partition coefficient (Wildman–Crippen LogP) is 3.98. The second kappa shape index (κ2) is 14.0. The highest BCUT2D eigenvalue weighted by Gasteiger charge is 2.39. The Morgan fingerprint density at radius 1 is 1.18 bits per heavy atom. The van der Waals surface area contributed by atoms with Crippen molar-refractivity contribution in [3.05, 3.63) is 54.5 Å². The SMILES string of the molecule is C=C(N)NCCC[C@H](CC(=O)[C@@H]1CCCN1C(=O)[C@@H](CC(=O)c1ccnc2ccccc12)C(C)C)C(=O)CF. The molecule has 2 heterocycles. The number of Topliss-reactive ketones (excluding diaryl/α,β-unsaturated/α-hetero) is 3. The van der Waals surface area contributed by atoms with Crippen LogP contribution in [0.4, 0.5) is 4.39 Å². The van der Waals surface area contributed by atoms with E-state index < -0.39 is 30.3 Å². The number of alkyl halides is 1. The molecule has 210 valence electrons. The van der Waals surface area contributed by atoms with Crippen molar-refractivity contribution in [2.75, 3.05) is 19.8 Å². The Morgan fingerprint density at radius 3 is 2.62 bits per heavy atom. The molecule has 1 fully saturated rings. The number of carbonyl (C=O) groups excluding carboxylic acids is 4. The summed E-state index contributed by atoms with van der Waals surface area (Å²) >= 11 is 0. The number of benzene rings is 1. The molecule has 0 unspecified atom stereocenters. The van der Waals surface area contributed by atoms with Crippen LogP contribution >= 0.6 is 0 Å². The van der Waals surface area contributed by atoms with Gasteiger partial charge in [-0.15, -0.1) is 0 Å². The number of likely N-dealkylation sites (tertiary alicyclic amines) is 1. The summed E-state index contributed by atoms with van der Waals surface area (Å²) in [7, 11) is 0. The molecule has 39 heavy (non-hydrogen) atoms. The van der Waals surface area contributed by atoms with E-state index in [0.717, 1.165) is 5.39 Å². The first kappa shape index (κ1) is 29.9. The number of fused-ring (bicyclic) bond motifs is 1. The second-order valence-electron chi connectivity index (χ2n) is 10.6. The molecule has 0 aliphatic carbocycles. The van der Waals surface area contributed by atoms with Gasteiger partial charge in [0, 0.05) is 54.9 Å². The fourth-order valence-corrected chi connectivity index (χ4v) is 5.30. The van der Waals surface area contributed by atoms with Gasteiger partial charge in [-0.1, -0.05) is 38.6 Å². The Hall–Kier alpha value is -3.62. The average Bonchev–Trinajstić information content (AvgIpc) is 3.42. The lowest BCUT2D eigenvalue weighted by molar-refractivity contribution is -0.142. The van der Waals surface area contributed by atoms with Crippen molar-refractivity contribution in [2.45, 2.75) is 58.4 Å². The first-order valence-electron chi connectivity index (χ1n) is 13.6. The standard InChI is InChI=1S/C30H39FN4O4/c1-19(2)24(17-27(36)23-12-14-34-25-10-5-4-9-22(23)25)30(39)35-15-7-11-26(35)28(37)16-21(29(38)18-31)8-6-13-33-20(3)32/h4-5,9-10,12,14,19,21,24,26,33H,3,6-8,11,13,15-18,32H2,1-2H3/t21-,24+,26+/m1/s1. The summed E-state index contributed by atoms with van der Waals surface area (Å²) in [5.74, 6) is -2.41. The Morgan fingerprint density at radius 2 is 1.92 bits per heavy atom. The zero-order chi connectivity index (χ0) is 28.5. The number of para-hydroxylation sites is 1. The third kappa shape index (κ3) is 7.71. The molecular formula is C30H39FN4O4. The van der Waals surface area contributed by atoms with Crippen LogP contribution in [0.15, 0.2) is 48.9 Å². The van der Waals surface area contributed by atoms with E-state index in [1.54, 1.807) is 17.2 Å². The topological polar surface area (TPSA) is 122 Å². The van der Waals surface area contributed by atoms with E-state index >= 15 is 0 Å². The lowest BCUT2D eigenvalue weighted by atomic mass is 9.86. The van der Waals surface area contributed by atoms with Gasteiger partial charge in [0.15, 0.2) is 17.3 Å². The number of nitrogens with two attached hydrogens (primary N) is 1. The molecule has 9 heteroatoms. The molecule has 0 spiro atoms. The highest BCUT2D eigenvalue weighted by Crippen LogP contribution is 2.29. The Kier molecular flexibility index (Phi) is 10.7. The maximum atomic E-state index is 13.7. The summed E-state index contributed by atoms with van der Waals surface area (Å²) in [4.78, 5) is 58.6. The zero-order valence-corrected chi connectivity index (χ0v) is 22.8. The van der Waals surface area contributed by atoms with Gasteiger partial charge in [-0.2, -0.15) is 0 Å². The lowest BCUT2D eigenvalue weighted by Gasteiger charge is -2.30. The number of amides is 1. The van der Waals surface area contributed by atoms with Crippen molar-refractivity contribution >= 4 is 34.2 Å². The third-order valence-corrected chi connectivity index (χ3v) is 7.50. The average molecular weight is 539 g/mol. The van der Waals surface area contributed by atoms with Gasteiger partial charge in [0.1, 0.15) is 6.67 Å². The highest BCUT2D eigenvalue weighted by atomic mass is 19.1. The van der Waals surface area contributed by atoms with E-state index in [0.29, 0.717) is 55.7 Å². The van der Waals surface area contributed by atoms with Gasteiger partial charge in [0.25, 0.3) is 0 Å². The maximum Gasteiger partial charge on any atom is 0.227 e. The van der Waals surface area contributed by atoms with E-state index in [-0.39, 0.29) is 36.2 Å². The first-order chi connectivity index (χ1) is 18.6. The van der Waals surface area contributed by atoms with E-state index in [1.807, 2.05) is 38.1 Å². The second-order valence-corrected chi connectivity index (χ2v) is 10.6. The Balaban J connectivity index is 1.71. The molecule has 3 N–H and O–H groups in total. The van der Waals surface area contributed by atoms with Crippen LogP contribution in [0.5, 0.6) is 0 Å². The fourth-order valence-electron chi connectivity index (χ4n) is 5.30. The summed E-state index contributed by atoms with van der Waals surface area (Å²) < 4.78 is 13.2. The summed E-state index contributed by atoms with van der Waals surface area (Å²) in [5.41, 5.74) is 6.72. The number of hydrogen-bond donors (Lipinski definition) is 2. The number of ketones is 3. The number of halogens is 1. The largest absolute Gasteiger partial charge is 0.386 e. The van der Waals surface area contributed by atoms with E-state index in [1.165, 1.54) is 0 Å². The lowest BCUT2D eigenvalue weighted by Crippen LogP contribution is -2.45. The monoisotopic (exact) mass is 538 g/mol. The minimum atomic E-state index is -1.14. The predicted molar refractivity (Wildman–Crippen MR) is 148 cm³/mol. The molecule has 3 atom stereocenters. The number of nitrogens with zero attached hydrogens (tertiary/aromatic N) is 2. The van der Waals surface area contributed by atoms with Gasteiger partial charge < -0.3 is 16.0 Å². The third-order valence-electron chi connectivity index (χ3n) is 7.50. The van der Waals surface area contributed by atoms with Crippen LogP contribution in [-0.2, 0) is 14.4 Å². The molecule has 0 saturated carbocycles. The van der Waals surface area contributed by atoms with Gasteiger partial charge in [-0.05, 0) is 43.7 Å². The molecule has 1 aromatic heterocycles. The minimum absolute atomic E-state index is 0.0182. The number of aromatic nitrogens is 1. The van der Waals surface area contributed by atoms with E-state index in [2.05, 4.69) is 16.9 Å². The summed E-state index contributed by atoms with van der Waals surface area (Å²) in [6, 6.07) is 8.38. The van der Waals surface area contributed by atoms with Gasteiger partial charge in [0.2, 0.25) is 5.91 Å². The molecule has 0 radical (unpaired) electrons. The smallest absolute Gasteiger partial charge is 0.227 e. The molecule has 1 amide bonds. The molecule has 8 nitrogen and oxygen atoms in total. The van der Waals surface area contributed by atoms with Crippen molar-refractivity contribution in [3.8, 4) is 0 Å². The van der Waals surface area contributed by atoms with Crippen LogP contribution in [0.3, 0.4) is 0 Å². The van der Waals surface area contributed by atoms with Crippen molar-refractivity contribution < 1.29 is 23.6 Å². The summed E-state index contributed by atoms with van der Waals surface area (Å²) in [6.07, 6.45) is 3.49. The van der Waals surface area contributed by atoms with Gasteiger partial charge >= 0.3 is 0 Å². The maximum absolute atomic E-state index is 13.7. The quantitative estimate of drug-likeness (QED) is 0.260. The van der Waals surface area contributed by atoms with Crippen LogP contribution < -0.4 is 11.1 Å². The van der Waals surface area contributed by atoms with Crippen LogP contribution in [0.25, 0.3) is 10.9 Å². The molecule has 1 aromatic carbocycles. The van der Waals surface area contributed by atoms with Crippen molar-refractivity contribution in [1.82, 2.24) is 15.2 Å². The van der Waals surface area contributed by atoms with Crippen molar-refractivity contribution in [3.63, 3.8) is 0 Å². The fraction of sp³-hybridized carbons (Fsp3) is 0.500. The Labute approximate surface area is 229 Å². The molecule has 1 aliphatic heterocycles. The number of hydrogen-bond acceptors (Lipinski definition) is 7. The van der Waals surface area contributed by atoms with Gasteiger partial charge in [0.05, 0.1) is 17.4 Å². The van der Waals surface area contributed by atoms with Gasteiger partial charge in [-0.25, -0.2) is 4.39 Å². The molecule has 0 bridgehead atoms. The number of pyridine rings is 1. The molecule has 1 aliphatic rings. The van der Waals surface area contributed by atoms with Crippen LogP contribution in [0.1, 0.15) is 62.7 Å². The highest BCUT2D eigenvalue weighted by molar-refractivity contribution is 6.08. The number of rotatable bonds is 15. The summed E-state index contributed by atoms with van der Waals surface area (Å²) in [5, 5.41) is 3.60. The first-order valence-corrected chi connectivity index (χ1v) is 13.6. The summed E-state index contributed by atoms with van der Waals surface area (Å²) in [6.45, 7) is 7.08. The van der Waals surface area contributed by atoms with Crippen LogP contribution in [-0.4, -0.2) is 58.9 Å². The molecular weight excluding hydrogens is 499 g/mol. The van der Waals surface area contributed by atoms with Crippen LogP contribution in [0.2, 0.25) is 0 Å². The van der Waals surface area contributed by atoms with Crippen molar-refractivity contribution in [2.24, 2.45) is 23.5 Å². The minimum Gasteiger partial charge on any atom is -0.386 e. The normalized spacial score (nSPS) is 16.7.